The number of fused-ring (bicyclic) bond motifs is 1. The Hall–Kier alpha value is -2.28. The first-order valence-corrected chi connectivity index (χ1v) is 8.32. The second kappa shape index (κ2) is 7.53. The van der Waals surface area contributed by atoms with Crippen molar-refractivity contribution in [3.8, 4) is 5.75 Å². The molecule has 2 aliphatic rings. The number of carbonyl (C=O) groups excluding carboxylic acids is 2. The highest BCUT2D eigenvalue weighted by atomic mass is 16.5. The van der Waals surface area contributed by atoms with E-state index in [9.17, 15) is 14.7 Å². The first kappa shape index (κ1) is 16.6. The minimum Gasteiger partial charge on any atom is -0.508 e. The summed E-state index contributed by atoms with van der Waals surface area (Å²) in [6, 6.07) is 5.11. The van der Waals surface area contributed by atoms with Gasteiger partial charge in [0.2, 0.25) is 5.91 Å². The molecule has 0 saturated carbocycles. The van der Waals surface area contributed by atoms with Gasteiger partial charge in [0.05, 0.1) is 13.2 Å². The first-order valence-electron chi connectivity index (χ1n) is 8.32. The third-order valence-corrected chi connectivity index (χ3v) is 4.47. The van der Waals surface area contributed by atoms with E-state index < -0.39 is 0 Å². The Balaban J connectivity index is 1.45. The van der Waals surface area contributed by atoms with E-state index >= 15 is 0 Å². The Kier molecular flexibility index (Phi) is 5.20. The number of phenolic OH excluding ortho intramolecular Hbond substituents is 1. The minimum absolute atomic E-state index is 0.0486. The van der Waals surface area contributed by atoms with Gasteiger partial charge in [-0.2, -0.15) is 0 Å². The van der Waals surface area contributed by atoms with Crippen molar-refractivity contribution in [3.63, 3.8) is 0 Å². The Bertz CT molecular complexity index is 614. The number of amides is 3. The van der Waals surface area contributed by atoms with Crippen LogP contribution in [0.1, 0.15) is 17.5 Å². The summed E-state index contributed by atoms with van der Waals surface area (Å²) < 4.78 is 5.22. The lowest BCUT2D eigenvalue weighted by Crippen LogP contribution is -2.45. The number of ether oxygens (including phenoxy) is 1. The van der Waals surface area contributed by atoms with Crippen molar-refractivity contribution in [1.82, 2.24) is 15.1 Å². The van der Waals surface area contributed by atoms with Crippen LogP contribution < -0.4 is 5.32 Å². The fourth-order valence-corrected chi connectivity index (χ4v) is 3.08. The first-order chi connectivity index (χ1) is 11.6. The summed E-state index contributed by atoms with van der Waals surface area (Å²) in [4.78, 5) is 27.8. The average molecular weight is 333 g/mol. The molecule has 2 aliphatic heterocycles. The molecule has 1 fully saturated rings. The second-order valence-electron chi connectivity index (χ2n) is 6.10. The van der Waals surface area contributed by atoms with Gasteiger partial charge < -0.3 is 25.0 Å². The van der Waals surface area contributed by atoms with E-state index in [0.29, 0.717) is 52.4 Å². The molecular weight excluding hydrogens is 310 g/mol. The quantitative estimate of drug-likeness (QED) is 0.853. The van der Waals surface area contributed by atoms with Gasteiger partial charge in [0.1, 0.15) is 5.75 Å². The van der Waals surface area contributed by atoms with E-state index in [1.807, 2.05) is 6.07 Å². The smallest absolute Gasteiger partial charge is 0.317 e. The van der Waals surface area contributed by atoms with E-state index in [0.717, 1.165) is 12.0 Å². The van der Waals surface area contributed by atoms with E-state index in [4.69, 9.17) is 4.74 Å². The van der Waals surface area contributed by atoms with Gasteiger partial charge in [-0.15, -0.1) is 0 Å². The molecule has 24 heavy (non-hydrogen) atoms. The SMILES string of the molecule is O=C(CCNC(=O)N1CCc2ccc(O)cc2C1)N1CCOCC1. The maximum atomic E-state index is 12.3. The number of urea groups is 1. The summed E-state index contributed by atoms with van der Waals surface area (Å²) in [5.41, 5.74) is 2.14. The van der Waals surface area contributed by atoms with Crippen molar-refractivity contribution in [1.29, 1.82) is 0 Å². The normalized spacial score (nSPS) is 17.3. The molecule has 1 aromatic carbocycles. The van der Waals surface area contributed by atoms with Crippen LogP contribution in [0.4, 0.5) is 4.79 Å². The topological polar surface area (TPSA) is 82.1 Å². The molecule has 2 heterocycles. The van der Waals surface area contributed by atoms with Crippen LogP contribution in [0.25, 0.3) is 0 Å². The zero-order valence-corrected chi connectivity index (χ0v) is 13.7. The molecule has 0 aliphatic carbocycles. The summed E-state index contributed by atoms with van der Waals surface area (Å²) in [6.07, 6.45) is 1.08. The van der Waals surface area contributed by atoms with Gasteiger partial charge in [-0.3, -0.25) is 4.79 Å². The van der Waals surface area contributed by atoms with Crippen LogP contribution in [0.15, 0.2) is 18.2 Å². The molecule has 130 valence electrons. The van der Waals surface area contributed by atoms with E-state index in [1.165, 1.54) is 5.56 Å². The molecule has 0 aromatic heterocycles. The van der Waals surface area contributed by atoms with Gasteiger partial charge in [-0.25, -0.2) is 4.79 Å². The van der Waals surface area contributed by atoms with E-state index in [-0.39, 0.29) is 17.7 Å². The molecule has 7 nitrogen and oxygen atoms in total. The summed E-state index contributed by atoms with van der Waals surface area (Å²) in [5.74, 6) is 0.264. The predicted octanol–water partition coefficient (Wildman–Crippen LogP) is 0.709. The van der Waals surface area contributed by atoms with Gasteiger partial charge in [0.15, 0.2) is 0 Å². The molecule has 0 spiro atoms. The number of nitrogens with zero attached hydrogens (tertiary/aromatic N) is 2. The number of benzene rings is 1. The number of nitrogens with one attached hydrogen (secondary N) is 1. The lowest BCUT2D eigenvalue weighted by Gasteiger charge is -2.29. The standard InChI is InChI=1S/C17H23N3O4/c21-15-2-1-13-4-6-20(12-14(13)11-15)17(23)18-5-3-16(22)19-7-9-24-10-8-19/h1-2,11,21H,3-10,12H2,(H,18,23). The number of hydrogen-bond donors (Lipinski definition) is 2. The van der Waals surface area contributed by atoms with Gasteiger partial charge >= 0.3 is 6.03 Å². The molecule has 7 heteroatoms. The maximum absolute atomic E-state index is 12.3. The predicted molar refractivity (Wildman–Crippen MR) is 87.6 cm³/mol. The zero-order chi connectivity index (χ0) is 16.9. The molecule has 0 unspecified atom stereocenters. The Morgan fingerprint density at radius 3 is 2.71 bits per heavy atom. The van der Waals surface area contributed by atoms with Crippen LogP contribution in [0.2, 0.25) is 0 Å². The van der Waals surface area contributed by atoms with Crippen molar-refractivity contribution in [2.45, 2.75) is 19.4 Å². The van der Waals surface area contributed by atoms with Crippen molar-refractivity contribution < 1.29 is 19.4 Å². The summed E-state index contributed by atoms with van der Waals surface area (Å²) in [6.45, 7) is 3.86. The van der Waals surface area contributed by atoms with Crippen molar-refractivity contribution in [3.05, 3.63) is 29.3 Å². The van der Waals surface area contributed by atoms with Gasteiger partial charge in [-0.05, 0) is 29.7 Å². The van der Waals surface area contributed by atoms with Crippen molar-refractivity contribution in [2.75, 3.05) is 39.4 Å². The molecular formula is C17H23N3O4. The van der Waals surface area contributed by atoms with Crippen LogP contribution in [-0.2, 0) is 22.5 Å². The number of hydrogen-bond acceptors (Lipinski definition) is 4. The minimum atomic E-state index is -0.168. The molecule has 1 aromatic rings. The summed E-state index contributed by atoms with van der Waals surface area (Å²) in [5, 5.41) is 12.4. The number of rotatable bonds is 3. The fourth-order valence-electron chi connectivity index (χ4n) is 3.08. The van der Waals surface area contributed by atoms with Crippen molar-refractivity contribution >= 4 is 11.9 Å². The highest BCUT2D eigenvalue weighted by molar-refractivity contribution is 5.78. The van der Waals surface area contributed by atoms with Crippen molar-refractivity contribution in [2.24, 2.45) is 0 Å². The third kappa shape index (κ3) is 3.97. The molecule has 0 radical (unpaired) electrons. The lowest BCUT2D eigenvalue weighted by molar-refractivity contribution is -0.135. The number of aromatic hydroxyl groups is 1. The molecule has 2 N–H and O–H groups in total. The highest BCUT2D eigenvalue weighted by Gasteiger charge is 2.21. The van der Waals surface area contributed by atoms with Gasteiger partial charge in [0.25, 0.3) is 0 Å². The van der Waals surface area contributed by atoms with Crippen LogP contribution in [-0.4, -0.2) is 66.2 Å². The summed E-state index contributed by atoms with van der Waals surface area (Å²) >= 11 is 0. The van der Waals surface area contributed by atoms with Gasteiger partial charge in [-0.1, -0.05) is 6.07 Å². The number of phenols is 1. The Morgan fingerprint density at radius 2 is 1.92 bits per heavy atom. The summed E-state index contributed by atoms with van der Waals surface area (Å²) in [7, 11) is 0. The highest BCUT2D eigenvalue weighted by Crippen LogP contribution is 2.23. The fraction of sp³-hybridized carbons (Fsp3) is 0.529. The van der Waals surface area contributed by atoms with Crippen LogP contribution >= 0.6 is 0 Å². The van der Waals surface area contributed by atoms with E-state index in [1.54, 1.807) is 21.9 Å². The zero-order valence-electron chi connectivity index (χ0n) is 13.7. The van der Waals surface area contributed by atoms with Crippen LogP contribution in [0.5, 0.6) is 5.75 Å². The van der Waals surface area contributed by atoms with Crippen LogP contribution in [0, 0.1) is 0 Å². The molecule has 1 saturated heterocycles. The monoisotopic (exact) mass is 333 g/mol. The molecule has 3 amide bonds. The van der Waals surface area contributed by atoms with Crippen LogP contribution in [0.3, 0.4) is 0 Å². The lowest BCUT2D eigenvalue weighted by atomic mass is 10.00. The third-order valence-electron chi connectivity index (χ3n) is 4.47. The molecule has 0 bridgehead atoms. The van der Waals surface area contributed by atoms with Gasteiger partial charge in [0, 0.05) is 39.1 Å². The maximum Gasteiger partial charge on any atom is 0.317 e. The average Bonchev–Trinajstić information content (AvgIpc) is 2.61. The Labute approximate surface area is 141 Å². The molecule has 0 atom stereocenters. The second-order valence-corrected chi connectivity index (χ2v) is 6.10. The number of carbonyl (C=O) groups is 2. The molecule has 3 rings (SSSR count). The Morgan fingerprint density at radius 1 is 1.12 bits per heavy atom. The largest absolute Gasteiger partial charge is 0.508 e. The number of morpholine rings is 1. The van der Waals surface area contributed by atoms with E-state index in [2.05, 4.69) is 5.32 Å².